The van der Waals surface area contributed by atoms with Gasteiger partial charge in [-0.15, -0.1) is 0 Å². The van der Waals surface area contributed by atoms with Crippen LogP contribution in [0.25, 0.3) is 0 Å². The van der Waals surface area contributed by atoms with Gasteiger partial charge in [0.2, 0.25) is 0 Å². The smallest absolute Gasteiger partial charge is 0.135 e. The normalized spacial score (nSPS) is 9.25. The Kier molecular flexibility index (Phi) is 1.58. The van der Waals surface area contributed by atoms with Crippen molar-refractivity contribution in [2.75, 3.05) is 0 Å². The van der Waals surface area contributed by atoms with Gasteiger partial charge in [0, 0.05) is 6.20 Å². The van der Waals surface area contributed by atoms with Crippen molar-refractivity contribution in [3.05, 3.63) is 28.7 Å². The van der Waals surface area contributed by atoms with Crippen LogP contribution in [-0.2, 0) is 0 Å². The molecule has 0 bridgehead atoms. The molecule has 0 spiro atoms. The van der Waals surface area contributed by atoms with Gasteiger partial charge in [-0.25, -0.2) is 9.37 Å². The Morgan fingerprint density at radius 2 is 2.50 bits per heavy atom. The summed E-state index contributed by atoms with van der Waals surface area (Å²) in [6.07, 6.45) is 1.37. The zero-order chi connectivity index (χ0) is 5.98. The minimum Gasteiger partial charge on any atom is -0.248 e. The van der Waals surface area contributed by atoms with Crippen molar-refractivity contribution in [1.29, 1.82) is 0 Å². The van der Waals surface area contributed by atoms with Crippen LogP contribution in [0.5, 0.6) is 0 Å². The molecule has 0 aliphatic carbocycles. The number of halogens is 2. The lowest BCUT2D eigenvalue weighted by Crippen LogP contribution is -1.76. The maximum Gasteiger partial charge on any atom is 0.135 e. The second-order valence-electron chi connectivity index (χ2n) is 1.21. The fourth-order valence-electron chi connectivity index (χ4n) is 0.341. The molecule has 1 rings (SSSR count). The molecular formula is C5H2BrFN. The van der Waals surface area contributed by atoms with E-state index in [1.165, 1.54) is 12.3 Å². The summed E-state index contributed by atoms with van der Waals surface area (Å²) in [6.45, 7) is 0. The molecule has 0 unspecified atom stereocenters. The summed E-state index contributed by atoms with van der Waals surface area (Å²) in [5.41, 5.74) is 0. The standard InChI is InChI=1S/C5H2BrFN/c6-5-3-4(7)1-2-8-5/h1-2H. The Morgan fingerprint density at radius 1 is 1.75 bits per heavy atom. The summed E-state index contributed by atoms with van der Waals surface area (Å²) in [4.78, 5) is 3.66. The predicted molar refractivity (Wildman–Crippen MR) is 30.7 cm³/mol. The molecular weight excluding hydrogens is 173 g/mol. The first-order valence-electron chi connectivity index (χ1n) is 1.98. The lowest BCUT2D eigenvalue weighted by atomic mass is 10.5. The highest BCUT2D eigenvalue weighted by molar-refractivity contribution is 9.10. The van der Waals surface area contributed by atoms with E-state index in [4.69, 9.17) is 0 Å². The molecule has 0 N–H and O–H groups in total. The zero-order valence-corrected chi connectivity index (χ0v) is 5.44. The van der Waals surface area contributed by atoms with E-state index >= 15 is 0 Å². The Hall–Kier alpha value is -0.440. The topological polar surface area (TPSA) is 12.9 Å². The molecule has 0 saturated heterocycles. The van der Waals surface area contributed by atoms with Gasteiger partial charge in [0.15, 0.2) is 0 Å². The fourth-order valence-corrected chi connectivity index (χ4v) is 0.648. The minimum atomic E-state index is -0.396. The molecule has 1 aromatic heterocycles. The van der Waals surface area contributed by atoms with Gasteiger partial charge in [-0.3, -0.25) is 0 Å². The highest BCUT2D eigenvalue weighted by Crippen LogP contribution is 2.03. The monoisotopic (exact) mass is 174 g/mol. The third-order valence-electron chi connectivity index (χ3n) is 0.631. The third-order valence-corrected chi connectivity index (χ3v) is 1.03. The first kappa shape index (κ1) is 5.69. The molecule has 1 aromatic rings. The number of pyridine rings is 1. The Bertz CT molecular complexity index is 172. The summed E-state index contributed by atoms with van der Waals surface area (Å²) < 4.78 is 12.4. The minimum absolute atomic E-state index is 0.396. The molecule has 1 radical (unpaired) electrons. The SMILES string of the molecule is Fc1[c]c(Br)ncc1. The highest BCUT2D eigenvalue weighted by Gasteiger charge is 1.88. The van der Waals surface area contributed by atoms with Gasteiger partial charge in [0.25, 0.3) is 0 Å². The van der Waals surface area contributed by atoms with Crippen LogP contribution in [0.2, 0.25) is 0 Å². The summed E-state index contributed by atoms with van der Waals surface area (Å²) in [7, 11) is 0. The molecule has 0 saturated carbocycles. The van der Waals surface area contributed by atoms with Crippen LogP contribution in [-0.4, -0.2) is 4.98 Å². The number of nitrogens with zero attached hydrogens (tertiary/aromatic N) is 1. The number of hydrogen-bond donors (Lipinski definition) is 0. The number of rotatable bonds is 0. The summed E-state index contributed by atoms with van der Waals surface area (Å²) >= 11 is 2.96. The molecule has 1 heterocycles. The van der Waals surface area contributed by atoms with E-state index < -0.39 is 5.82 Å². The lowest BCUT2D eigenvalue weighted by Gasteiger charge is -1.84. The number of hydrogen-bond acceptors (Lipinski definition) is 1. The predicted octanol–water partition coefficient (Wildman–Crippen LogP) is 1.78. The van der Waals surface area contributed by atoms with Crippen molar-refractivity contribution >= 4 is 15.9 Å². The first-order valence-corrected chi connectivity index (χ1v) is 2.77. The maximum atomic E-state index is 12.0. The van der Waals surface area contributed by atoms with Crippen molar-refractivity contribution in [2.24, 2.45) is 0 Å². The van der Waals surface area contributed by atoms with Crippen LogP contribution in [0.1, 0.15) is 0 Å². The van der Waals surface area contributed by atoms with Crippen molar-refractivity contribution in [1.82, 2.24) is 4.98 Å². The van der Waals surface area contributed by atoms with Gasteiger partial charge in [-0.1, -0.05) is 0 Å². The third kappa shape index (κ3) is 1.26. The van der Waals surface area contributed by atoms with Gasteiger partial charge in [-0.2, -0.15) is 0 Å². The molecule has 41 valence electrons. The van der Waals surface area contributed by atoms with Gasteiger partial charge in [-0.05, 0) is 22.0 Å². The van der Waals surface area contributed by atoms with Crippen LogP contribution >= 0.6 is 15.9 Å². The van der Waals surface area contributed by atoms with Crippen LogP contribution in [0.4, 0.5) is 4.39 Å². The number of aromatic nitrogens is 1. The van der Waals surface area contributed by atoms with Crippen LogP contribution < -0.4 is 0 Å². The molecule has 0 aliphatic heterocycles. The zero-order valence-electron chi connectivity index (χ0n) is 3.86. The van der Waals surface area contributed by atoms with Crippen molar-refractivity contribution < 1.29 is 4.39 Å². The van der Waals surface area contributed by atoms with E-state index in [1.54, 1.807) is 0 Å². The van der Waals surface area contributed by atoms with Gasteiger partial charge < -0.3 is 0 Å². The van der Waals surface area contributed by atoms with Crippen molar-refractivity contribution in [3.8, 4) is 0 Å². The van der Waals surface area contributed by atoms with Crippen molar-refractivity contribution in [2.45, 2.75) is 0 Å². The first-order chi connectivity index (χ1) is 3.79. The molecule has 0 fully saturated rings. The molecule has 3 heteroatoms. The van der Waals surface area contributed by atoms with E-state index in [9.17, 15) is 4.39 Å². The second kappa shape index (κ2) is 2.22. The van der Waals surface area contributed by atoms with E-state index in [0.717, 1.165) is 0 Å². The van der Waals surface area contributed by atoms with Crippen molar-refractivity contribution in [3.63, 3.8) is 0 Å². The van der Waals surface area contributed by atoms with Crippen LogP contribution in [0.3, 0.4) is 0 Å². The van der Waals surface area contributed by atoms with E-state index in [-0.39, 0.29) is 0 Å². The van der Waals surface area contributed by atoms with Gasteiger partial charge in [0.1, 0.15) is 10.4 Å². The van der Waals surface area contributed by atoms with E-state index in [1.807, 2.05) is 0 Å². The maximum absolute atomic E-state index is 12.0. The van der Waals surface area contributed by atoms with Gasteiger partial charge >= 0.3 is 0 Å². The molecule has 8 heavy (non-hydrogen) atoms. The summed E-state index contributed by atoms with van der Waals surface area (Å²) in [5.74, 6) is -0.396. The van der Waals surface area contributed by atoms with Crippen LogP contribution in [0.15, 0.2) is 16.9 Å². The Balaban J connectivity index is 3.08. The average Bonchev–Trinajstić information content (AvgIpc) is 1.64. The summed E-state index contributed by atoms with van der Waals surface area (Å²) in [6, 6.07) is 3.55. The molecule has 0 amide bonds. The largest absolute Gasteiger partial charge is 0.248 e. The lowest BCUT2D eigenvalue weighted by molar-refractivity contribution is 0.622. The second-order valence-corrected chi connectivity index (χ2v) is 1.96. The quantitative estimate of drug-likeness (QED) is 0.547. The van der Waals surface area contributed by atoms with Crippen LogP contribution in [0, 0.1) is 11.9 Å². The molecule has 0 aromatic carbocycles. The van der Waals surface area contributed by atoms with E-state index in [2.05, 4.69) is 27.0 Å². The average molecular weight is 175 g/mol. The Morgan fingerprint density at radius 3 is 2.88 bits per heavy atom. The Labute approximate surface area is 54.7 Å². The summed E-state index contributed by atoms with van der Waals surface area (Å²) in [5, 5.41) is 0. The molecule has 0 atom stereocenters. The molecule has 1 nitrogen and oxygen atoms in total. The van der Waals surface area contributed by atoms with E-state index in [0.29, 0.717) is 4.60 Å². The molecule has 0 aliphatic rings. The van der Waals surface area contributed by atoms with Gasteiger partial charge in [0.05, 0.1) is 6.07 Å². The fraction of sp³-hybridized carbons (Fsp3) is 0. The highest BCUT2D eigenvalue weighted by atomic mass is 79.9.